The lowest BCUT2D eigenvalue weighted by Crippen LogP contribution is -2.34. The second kappa shape index (κ2) is 27.9. The summed E-state index contributed by atoms with van der Waals surface area (Å²) in [6.45, 7) is 6.59. The number of rotatable bonds is 30. The van der Waals surface area contributed by atoms with Crippen LogP contribution in [0.4, 0.5) is 0 Å². The fourth-order valence-electron chi connectivity index (χ4n) is 6.86. The Morgan fingerprint density at radius 3 is 1.18 bits per heavy atom. The Hall–Kier alpha value is -1.16. The van der Waals surface area contributed by atoms with Crippen molar-refractivity contribution in [1.82, 2.24) is 4.90 Å². The number of unbranched alkanes of at least 4 members (excludes halogenated alkanes) is 18. The van der Waals surface area contributed by atoms with Crippen molar-refractivity contribution in [2.75, 3.05) is 20.1 Å². The molecule has 2 saturated heterocycles. The Balaban J connectivity index is 1.50. The molecule has 260 valence electrons. The Bertz CT molecular complexity index is 720. The minimum Gasteiger partial charge on any atom is -0.343 e. The van der Waals surface area contributed by atoms with Gasteiger partial charge < -0.3 is 14.4 Å². The minimum absolute atomic E-state index is 0.282. The largest absolute Gasteiger partial charge is 0.343 e. The van der Waals surface area contributed by atoms with Gasteiger partial charge in [-0.1, -0.05) is 140 Å². The number of hydrogen-bond donors (Lipinski definition) is 0. The topological polar surface area (TPSA) is 21.7 Å². The van der Waals surface area contributed by atoms with Gasteiger partial charge in [-0.25, -0.2) is 0 Å². The maximum absolute atomic E-state index is 6.70. The predicted molar refractivity (Wildman–Crippen MR) is 198 cm³/mol. The summed E-state index contributed by atoms with van der Waals surface area (Å²) in [5.41, 5.74) is 0. The number of likely N-dealkylation sites (N-methyl/N-ethyl adjacent to an activating group) is 1. The molecule has 0 saturated carbocycles. The number of nitrogens with zero attached hydrogens (tertiary/aromatic N) is 1. The highest BCUT2D eigenvalue weighted by atomic mass is 16.8. The molecule has 0 aliphatic carbocycles. The Morgan fingerprint density at radius 2 is 0.800 bits per heavy atom. The van der Waals surface area contributed by atoms with Gasteiger partial charge in [-0.05, 0) is 84.1 Å². The monoisotopic (exact) mass is 626 g/mol. The quantitative estimate of drug-likeness (QED) is 0.0585. The van der Waals surface area contributed by atoms with Gasteiger partial charge in [-0.3, -0.25) is 0 Å². The van der Waals surface area contributed by atoms with E-state index < -0.39 is 0 Å². The molecule has 0 bridgehead atoms. The van der Waals surface area contributed by atoms with Crippen LogP contribution in [0.1, 0.15) is 181 Å². The highest BCUT2D eigenvalue weighted by Crippen LogP contribution is 2.40. The van der Waals surface area contributed by atoms with Gasteiger partial charge in [0.05, 0.1) is 0 Å². The standard InChI is InChI=1S/C42H75NO2/c1-4-6-8-10-12-14-16-18-20-22-24-26-28-30-32-34-36-42(44-40-38-43(3)39-41(40)45-42)37-35-33-31-29-27-25-23-21-19-17-15-13-11-9-7-5-2/h12-15,18-21,40-41H,4-11,16-17,22-39H2,1-3H3/b14-12-,15-13-,20-18-,21-19-/t40-,41+. The Labute approximate surface area is 281 Å². The number of ether oxygens (including phenoxy) is 2. The van der Waals surface area contributed by atoms with Gasteiger partial charge >= 0.3 is 0 Å². The van der Waals surface area contributed by atoms with Crippen molar-refractivity contribution in [3.05, 3.63) is 48.6 Å². The zero-order valence-electron chi connectivity index (χ0n) is 30.3. The van der Waals surface area contributed by atoms with Crippen LogP contribution >= 0.6 is 0 Å². The van der Waals surface area contributed by atoms with E-state index in [-0.39, 0.29) is 18.0 Å². The van der Waals surface area contributed by atoms with Crippen LogP contribution in [0.3, 0.4) is 0 Å². The summed E-state index contributed by atoms with van der Waals surface area (Å²) in [4.78, 5) is 2.36. The maximum atomic E-state index is 6.70. The highest BCUT2D eigenvalue weighted by Gasteiger charge is 2.49. The van der Waals surface area contributed by atoms with Crippen LogP contribution in [-0.4, -0.2) is 43.0 Å². The third kappa shape index (κ3) is 20.6. The van der Waals surface area contributed by atoms with E-state index in [0.717, 1.165) is 38.8 Å². The molecule has 2 rings (SSSR count). The van der Waals surface area contributed by atoms with Crippen LogP contribution in [0.25, 0.3) is 0 Å². The highest BCUT2D eigenvalue weighted by molar-refractivity contribution is 4.95. The van der Waals surface area contributed by atoms with Crippen molar-refractivity contribution in [2.45, 2.75) is 199 Å². The number of allylic oxidation sites excluding steroid dienone is 8. The first-order valence-corrected chi connectivity index (χ1v) is 19.8. The summed E-state index contributed by atoms with van der Waals surface area (Å²) in [5, 5.41) is 0. The first-order valence-electron chi connectivity index (χ1n) is 19.8. The molecule has 2 atom stereocenters. The molecule has 2 aliphatic rings. The molecule has 2 fully saturated rings. The van der Waals surface area contributed by atoms with E-state index in [4.69, 9.17) is 9.47 Å². The van der Waals surface area contributed by atoms with E-state index >= 15 is 0 Å². The lowest BCUT2D eigenvalue weighted by molar-refractivity contribution is -0.193. The third-order valence-corrected chi connectivity index (χ3v) is 9.65. The van der Waals surface area contributed by atoms with Crippen LogP contribution in [-0.2, 0) is 9.47 Å². The Morgan fingerprint density at radius 1 is 0.467 bits per heavy atom. The van der Waals surface area contributed by atoms with Crippen molar-refractivity contribution < 1.29 is 9.47 Å². The van der Waals surface area contributed by atoms with E-state index in [1.54, 1.807) is 0 Å². The van der Waals surface area contributed by atoms with Crippen molar-refractivity contribution >= 4 is 0 Å². The van der Waals surface area contributed by atoms with Gasteiger partial charge in [0, 0.05) is 25.9 Å². The zero-order chi connectivity index (χ0) is 32.1. The number of likely N-dealkylation sites (tertiary alicyclic amines) is 1. The summed E-state index contributed by atoms with van der Waals surface area (Å²) < 4.78 is 13.4. The fraction of sp³-hybridized carbons (Fsp3) is 0.810. The van der Waals surface area contributed by atoms with Crippen molar-refractivity contribution in [3.63, 3.8) is 0 Å². The van der Waals surface area contributed by atoms with Crippen LogP contribution in [0.5, 0.6) is 0 Å². The SMILES string of the molecule is CCCCC/C=C\C/C=C\CCCCCCCCC1(CCCCCCCC/C=C\C/C=C\CCCCC)O[C@H]2CN(C)C[C@H]2O1. The van der Waals surface area contributed by atoms with Gasteiger partial charge in [0.15, 0.2) is 5.79 Å². The molecule has 0 unspecified atom stereocenters. The molecule has 2 heterocycles. The van der Waals surface area contributed by atoms with Crippen LogP contribution < -0.4 is 0 Å². The fourth-order valence-corrected chi connectivity index (χ4v) is 6.86. The summed E-state index contributed by atoms with van der Waals surface area (Å²) in [5.74, 6) is -0.304. The molecule has 0 aromatic carbocycles. The zero-order valence-corrected chi connectivity index (χ0v) is 30.3. The van der Waals surface area contributed by atoms with E-state index in [2.05, 4.69) is 74.4 Å². The molecule has 2 aliphatic heterocycles. The lowest BCUT2D eigenvalue weighted by atomic mass is 9.98. The molecule has 0 radical (unpaired) electrons. The summed E-state index contributed by atoms with van der Waals surface area (Å²) in [6, 6.07) is 0. The van der Waals surface area contributed by atoms with Gasteiger partial charge in [0.2, 0.25) is 0 Å². The van der Waals surface area contributed by atoms with Crippen molar-refractivity contribution in [3.8, 4) is 0 Å². The molecular formula is C42H75NO2. The molecule has 3 nitrogen and oxygen atoms in total. The predicted octanol–water partition coefficient (Wildman–Crippen LogP) is 12.8. The second-order valence-corrected chi connectivity index (χ2v) is 14.1. The van der Waals surface area contributed by atoms with E-state index in [9.17, 15) is 0 Å². The molecule has 0 amide bonds. The summed E-state index contributed by atoms with van der Waals surface area (Å²) in [7, 11) is 2.19. The number of hydrogen-bond acceptors (Lipinski definition) is 3. The van der Waals surface area contributed by atoms with E-state index in [1.807, 2.05) is 0 Å². The van der Waals surface area contributed by atoms with Gasteiger partial charge in [0.25, 0.3) is 0 Å². The molecule has 0 aromatic rings. The smallest absolute Gasteiger partial charge is 0.169 e. The maximum Gasteiger partial charge on any atom is 0.169 e. The molecule has 0 aromatic heterocycles. The Kier molecular flexibility index (Phi) is 24.8. The molecule has 0 N–H and O–H groups in total. The molecule has 0 spiro atoms. The average Bonchev–Trinajstić information content (AvgIpc) is 3.54. The average molecular weight is 626 g/mol. The molecule has 45 heavy (non-hydrogen) atoms. The van der Waals surface area contributed by atoms with Crippen LogP contribution in [0.15, 0.2) is 48.6 Å². The summed E-state index contributed by atoms with van der Waals surface area (Å²) in [6.07, 6.45) is 52.7. The van der Waals surface area contributed by atoms with Gasteiger partial charge in [-0.15, -0.1) is 0 Å². The van der Waals surface area contributed by atoms with E-state index in [0.29, 0.717) is 0 Å². The van der Waals surface area contributed by atoms with Crippen molar-refractivity contribution in [1.29, 1.82) is 0 Å². The van der Waals surface area contributed by atoms with E-state index in [1.165, 1.54) is 141 Å². The number of fused-ring (bicyclic) bond motifs is 1. The summed E-state index contributed by atoms with van der Waals surface area (Å²) >= 11 is 0. The first-order chi connectivity index (χ1) is 22.2. The molecule has 3 heteroatoms. The second-order valence-electron chi connectivity index (χ2n) is 14.1. The van der Waals surface area contributed by atoms with Gasteiger partial charge in [0.1, 0.15) is 12.2 Å². The minimum atomic E-state index is -0.304. The van der Waals surface area contributed by atoms with Crippen molar-refractivity contribution in [2.24, 2.45) is 0 Å². The lowest BCUT2D eigenvalue weighted by Gasteiger charge is -2.30. The third-order valence-electron chi connectivity index (χ3n) is 9.65. The van der Waals surface area contributed by atoms with Crippen LogP contribution in [0.2, 0.25) is 0 Å². The molecular weight excluding hydrogens is 550 g/mol. The van der Waals surface area contributed by atoms with Crippen LogP contribution in [0, 0.1) is 0 Å². The normalized spacial score (nSPS) is 20.2. The van der Waals surface area contributed by atoms with Gasteiger partial charge in [-0.2, -0.15) is 0 Å². The first kappa shape index (κ1) is 40.0.